The maximum atomic E-state index is 4.40. The van der Waals surface area contributed by atoms with Crippen molar-refractivity contribution >= 4 is 10.8 Å². The van der Waals surface area contributed by atoms with Crippen LogP contribution in [-0.2, 0) is 0 Å². The summed E-state index contributed by atoms with van der Waals surface area (Å²) in [6.45, 7) is 2.15. The van der Waals surface area contributed by atoms with E-state index in [-0.39, 0.29) is 6.04 Å². The first kappa shape index (κ1) is 12.8. The van der Waals surface area contributed by atoms with Crippen molar-refractivity contribution in [2.24, 2.45) is 0 Å². The van der Waals surface area contributed by atoms with Crippen LogP contribution in [0.2, 0.25) is 0 Å². The number of hydrogen-bond acceptors (Lipinski definition) is 2. The van der Waals surface area contributed by atoms with E-state index in [1.165, 1.54) is 27.5 Å². The summed E-state index contributed by atoms with van der Waals surface area (Å²) in [5.74, 6) is 0. The van der Waals surface area contributed by atoms with Gasteiger partial charge in [-0.2, -0.15) is 0 Å². The monoisotopic (exact) mass is 262 g/mol. The first-order valence-electron chi connectivity index (χ1n) is 6.86. The zero-order valence-corrected chi connectivity index (χ0v) is 11.8. The molecule has 1 heterocycles. The van der Waals surface area contributed by atoms with E-state index >= 15 is 0 Å². The average Bonchev–Trinajstić information content (AvgIpc) is 2.50. The van der Waals surface area contributed by atoms with Gasteiger partial charge in [0.05, 0.1) is 6.04 Å². The number of aryl methyl sites for hydroxylation is 1. The van der Waals surface area contributed by atoms with E-state index in [4.69, 9.17) is 0 Å². The van der Waals surface area contributed by atoms with Gasteiger partial charge in [-0.25, -0.2) is 0 Å². The summed E-state index contributed by atoms with van der Waals surface area (Å²) in [6.07, 6.45) is 3.89. The largest absolute Gasteiger partial charge is 0.309 e. The summed E-state index contributed by atoms with van der Waals surface area (Å²) in [5.41, 5.74) is 3.81. The predicted octanol–water partition coefficient (Wildman–Crippen LogP) is 3.85. The van der Waals surface area contributed by atoms with Crippen LogP contribution in [0.25, 0.3) is 10.8 Å². The maximum Gasteiger partial charge on any atom is 0.0598 e. The lowest BCUT2D eigenvalue weighted by molar-refractivity contribution is 0.690. The zero-order valence-electron chi connectivity index (χ0n) is 11.8. The second-order valence-electron chi connectivity index (χ2n) is 5.03. The molecule has 0 bridgehead atoms. The molecule has 0 fully saturated rings. The SMILES string of the molecule is CNC(c1ccccc1C)c1cncc2ccccc12. The fourth-order valence-electron chi connectivity index (χ4n) is 2.76. The van der Waals surface area contributed by atoms with Crippen LogP contribution >= 0.6 is 0 Å². The topological polar surface area (TPSA) is 24.9 Å². The smallest absolute Gasteiger partial charge is 0.0598 e. The molecule has 1 aromatic heterocycles. The summed E-state index contributed by atoms with van der Waals surface area (Å²) < 4.78 is 0. The molecule has 0 aliphatic carbocycles. The van der Waals surface area contributed by atoms with Crippen molar-refractivity contribution in [2.45, 2.75) is 13.0 Å². The molecule has 0 aliphatic heterocycles. The van der Waals surface area contributed by atoms with Gasteiger partial charge < -0.3 is 5.32 Å². The van der Waals surface area contributed by atoms with Crippen molar-refractivity contribution in [1.29, 1.82) is 0 Å². The Bertz CT molecular complexity index is 729. The molecule has 1 unspecified atom stereocenters. The fourth-order valence-corrected chi connectivity index (χ4v) is 2.76. The highest BCUT2D eigenvalue weighted by atomic mass is 14.9. The molecule has 2 aromatic carbocycles. The number of nitrogens with one attached hydrogen (secondary N) is 1. The van der Waals surface area contributed by atoms with Crippen LogP contribution in [0.4, 0.5) is 0 Å². The molecule has 2 nitrogen and oxygen atoms in total. The van der Waals surface area contributed by atoms with Crippen LogP contribution in [0, 0.1) is 6.92 Å². The van der Waals surface area contributed by atoms with Gasteiger partial charge >= 0.3 is 0 Å². The number of hydrogen-bond donors (Lipinski definition) is 1. The number of aromatic nitrogens is 1. The van der Waals surface area contributed by atoms with Gasteiger partial charge in [0.1, 0.15) is 0 Å². The number of fused-ring (bicyclic) bond motifs is 1. The average molecular weight is 262 g/mol. The molecule has 1 N–H and O–H groups in total. The van der Waals surface area contributed by atoms with Crippen LogP contribution < -0.4 is 5.32 Å². The van der Waals surface area contributed by atoms with E-state index in [0.717, 1.165) is 0 Å². The molecule has 1 atom stereocenters. The second-order valence-corrected chi connectivity index (χ2v) is 5.03. The Morgan fingerprint density at radius 3 is 2.45 bits per heavy atom. The quantitative estimate of drug-likeness (QED) is 0.775. The summed E-state index contributed by atoms with van der Waals surface area (Å²) in [4.78, 5) is 4.40. The van der Waals surface area contributed by atoms with Crippen LogP contribution in [0.15, 0.2) is 60.9 Å². The number of benzene rings is 2. The lowest BCUT2D eigenvalue weighted by Gasteiger charge is -2.20. The molecule has 0 radical (unpaired) electrons. The second kappa shape index (κ2) is 5.43. The molecule has 2 heteroatoms. The third-order valence-electron chi connectivity index (χ3n) is 3.80. The van der Waals surface area contributed by atoms with Crippen molar-refractivity contribution < 1.29 is 0 Å². The van der Waals surface area contributed by atoms with Gasteiger partial charge in [0.15, 0.2) is 0 Å². The van der Waals surface area contributed by atoms with Crippen molar-refractivity contribution in [3.63, 3.8) is 0 Å². The molecule has 20 heavy (non-hydrogen) atoms. The van der Waals surface area contributed by atoms with Gasteiger partial charge in [-0.1, -0.05) is 48.5 Å². The van der Waals surface area contributed by atoms with Crippen molar-refractivity contribution in [1.82, 2.24) is 10.3 Å². The molecule has 3 rings (SSSR count). The Hall–Kier alpha value is -2.19. The van der Waals surface area contributed by atoms with Gasteiger partial charge in [0, 0.05) is 17.8 Å². The first-order chi connectivity index (χ1) is 9.81. The van der Waals surface area contributed by atoms with E-state index in [2.05, 4.69) is 65.8 Å². The Morgan fingerprint density at radius 1 is 0.900 bits per heavy atom. The highest BCUT2D eigenvalue weighted by Gasteiger charge is 2.16. The minimum atomic E-state index is 0.162. The molecular weight excluding hydrogens is 244 g/mol. The van der Waals surface area contributed by atoms with Crippen LogP contribution in [0.3, 0.4) is 0 Å². The number of pyridine rings is 1. The highest BCUT2D eigenvalue weighted by molar-refractivity contribution is 5.85. The Kier molecular flexibility index (Phi) is 3.48. The molecule has 100 valence electrons. The van der Waals surface area contributed by atoms with Gasteiger partial charge in [0.25, 0.3) is 0 Å². The van der Waals surface area contributed by atoms with Crippen LogP contribution in [0.5, 0.6) is 0 Å². The summed E-state index contributed by atoms with van der Waals surface area (Å²) in [7, 11) is 2.00. The Labute approximate surface area is 119 Å². The standard InChI is InChI=1S/C18H18N2/c1-13-7-3-5-9-15(13)18(19-2)17-12-20-11-14-8-4-6-10-16(14)17/h3-12,18-19H,1-2H3. The van der Waals surface area contributed by atoms with Crippen molar-refractivity contribution in [3.8, 4) is 0 Å². The van der Waals surface area contributed by atoms with Gasteiger partial charge in [-0.05, 0) is 36.0 Å². The first-order valence-corrected chi connectivity index (χ1v) is 6.86. The third kappa shape index (κ3) is 2.19. The summed E-state index contributed by atoms with van der Waals surface area (Å²) in [5, 5.41) is 5.86. The molecule has 3 aromatic rings. The number of nitrogens with zero attached hydrogens (tertiary/aromatic N) is 1. The fraction of sp³-hybridized carbons (Fsp3) is 0.167. The highest BCUT2D eigenvalue weighted by Crippen LogP contribution is 2.29. The van der Waals surface area contributed by atoms with Crippen LogP contribution in [0.1, 0.15) is 22.7 Å². The van der Waals surface area contributed by atoms with Crippen molar-refractivity contribution in [2.75, 3.05) is 7.05 Å². The van der Waals surface area contributed by atoms with E-state index in [1.54, 1.807) is 0 Å². The predicted molar refractivity (Wildman–Crippen MR) is 83.8 cm³/mol. The number of rotatable bonds is 3. The van der Waals surface area contributed by atoms with Gasteiger partial charge in [0.2, 0.25) is 0 Å². The molecular formula is C18H18N2. The Morgan fingerprint density at radius 2 is 1.65 bits per heavy atom. The zero-order chi connectivity index (χ0) is 13.9. The normalized spacial score (nSPS) is 12.5. The van der Waals surface area contributed by atoms with Crippen LogP contribution in [-0.4, -0.2) is 12.0 Å². The minimum absolute atomic E-state index is 0.162. The van der Waals surface area contributed by atoms with E-state index in [9.17, 15) is 0 Å². The summed E-state index contributed by atoms with van der Waals surface area (Å²) in [6, 6.07) is 17.1. The maximum absolute atomic E-state index is 4.40. The molecule has 0 aliphatic rings. The van der Waals surface area contributed by atoms with Gasteiger partial charge in [-0.15, -0.1) is 0 Å². The van der Waals surface area contributed by atoms with Crippen molar-refractivity contribution in [3.05, 3.63) is 77.6 Å². The molecule has 0 amide bonds. The lowest BCUT2D eigenvalue weighted by Crippen LogP contribution is -2.19. The molecule has 0 saturated carbocycles. The molecule has 0 saturated heterocycles. The van der Waals surface area contributed by atoms with Gasteiger partial charge in [-0.3, -0.25) is 4.98 Å². The third-order valence-corrected chi connectivity index (χ3v) is 3.80. The molecule has 0 spiro atoms. The lowest BCUT2D eigenvalue weighted by atomic mass is 9.93. The van der Waals surface area contributed by atoms with E-state index in [0.29, 0.717) is 0 Å². The minimum Gasteiger partial charge on any atom is -0.309 e. The Balaban J connectivity index is 2.20. The summed E-state index contributed by atoms with van der Waals surface area (Å²) >= 11 is 0. The van der Waals surface area contributed by atoms with E-state index in [1.807, 2.05) is 19.4 Å². The van der Waals surface area contributed by atoms with E-state index < -0.39 is 0 Å².